The molecule has 2 rings (SSSR count). The number of carbonyl (C=O) groups is 3. The zero-order valence-corrected chi connectivity index (χ0v) is 15.6. The van der Waals surface area contributed by atoms with Crippen LogP contribution >= 0.6 is 15.9 Å². The Morgan fingerprint density at radius 3 is 2.46 bits per heavy atom. The first-order valence-electron chi connectivity index (χ1n) is 7.91. The van der Waals surface area contributed by atoms with Gasteiger partial charge in [-0.05, 0) is 30.2 Å². The molecule has 0 saturated carbocycles. The molecular formula is C18H21BrN2O3. The molecular weight excluding hydrogens is 372 g/mol. The zero-order valence-electron chi connectivity index (χ0n) is 14.0. The lowest BCUT2D eigenvalue weighted by atomic mass is 10.1. The van der Waals surface area contributed by atoms with Crippen molar-refractivity contribution in [3.05, 3.63) is 40.4 Å². The van der Waals surface area contributed by atoms with Crippen LogP contribution in [0.15, 0.2) is 40.4 Å². The first-order chi connectivity index (χ1) is 11.3. The summed E-state index contributed by atoms with van der Waals surface area (Å²) in [5.74, 6) is -0.871. The summed E-state index contributed by atoms with van der Waals surface area (Å²) in [7, 11) is 0. The summed E-state index contributed by atoms with van der Waals surface area (Å²) in [4.78, 5) is 37.9. The standard InChI is InChI=1S/C18H21BrN2O3/c1-11(2)10-20-17(23)12(3)8-13-9-16(22)21(18(13)24)15-6-4-14(19)5-7-15/h4-8,11-12H,9-10H2,1-3H3,(H,20,23)/b13-8+. The molecule has 5 nitrogen and oxygen atoms in total. The van der Waals surface area contributed by atoms with Gasteiger partial charge in [0.2, 0.25) is 11.8 Å². The van der Waals surface area contributed by atoms with E-state index in [1.54, 1.807) is 37.3 Å². The highest BCUT2D eigenvalue weighted by atomic mass is 79.9. The van der Waals surface area contributed by atoms with Crippen LogP contribution in [0.3, 0.4) is 0 Å². The molecule has 0 radical (unpaired) electrons. The minimum Gasteiger partial charge on any atom is -0.355 e. The Balaban J connectivity index is 2.12. The van der Waals surface area contributed by atoms with Gasteiger partial charge in [0.05, 0.1) is 18.0 Å². The van der Waals surface area contributed by atoms with Gasteiger partial charge in [-0.2, -0.15) is 0 Å². The molecule has 128 valence electrons. The number of hydrogen-bond acceptors (Lipinski definition) is 3. The van der Waals surface area contributed by atoms with Crippen molar-refractivity contribution in [2.45, 2.75) is 27.2 Å². The minimum atomic E-state index is -0.458. The number of nitrogens with zero attached hydrogens (tertiary/aromatic N) is 1. The highest BCUT2D eigenvalue weighted by molar-refractivity contribution is 9.10. The summed E-state index contributed by atoms with van der Waals surface area (Å²) in [5.41, 5.74) is 0.906. The van der Waals surface area contributed by atoms with Crippen molar-refractivity contribution in [1.82, 2.24) is 5.32 Å². The maximum atomic E-state index is 12.5. The summed E-state index contributed by atoms with van der Waals surface area (Å²) in [6, 6.07) is 6.97. The third-order valence-corrected chi connectivity index (χ3v) is 4.23. The maximum absolute atomic E-state index is 12.5. The van der Waals surface area contributed by atoms with Crippen molar-refractivity contribution in [3.63, 3.8) is 0 Å². The van der Waals surface area contributed by atoms with Crippen LogP contribution in [-0.2, 0) is 14.4 Å². The second-order valence-corrected chi connectivity index (χ2v) is 7.22. The molecule has 3 amide bonds. The van der Waals surface area contributed by atoms with Gasteiger partial charge in [0.1, 0.15) is 0 Å². The predicted octanol–water partition coefficient (Wildman–Crippen LogP) is 3.05. The SMILES string of the molecule is CC(C)CNC(=O)C(C)/C=C1\CC(=O)N(c2ccc(Br)cc2)C1=O. The highest BCUT2D eigenvalue weighted by Crippen LogP contribution is 2.28. The molecule has 24 heavy (non-hydrogen) atoms. The fraction of sp³-hybridized carbons (Fsp3) is 0.389. The summed E-state index contributed by atoms with van der Waals surface area (Å²) in [6.07, 6.45) is 1.62. The Kier molecular flexibility index (Phi) is 5.94. The number of anilines is 1. The molecule has 1 atom stereocenters. The van der Waals surface area contributed by atoms with Gasteiger partial charge in [-0.3, -0.25) is 14.4 Å². The average molecular weight is 393 g/mol. The van der Waals surface area contributed by atoms with E-state index in [1.807, 2.05) is 13.8 Å². The molecule has 0 aromatic heterocycles. The van der Waals surface area contributed by atoms with Gasteiger partial charge < -0.3 is 5.32 Å². The van der Waals surface area contributed by atoms with Gasteiger partial charge in [-0.15, -0.1) is 0 Å². The highest BCUT2D eigenvalue weighted by Gasteiger charge is 2.35. The number of rotatable bonds is 5. The van der Waals surface area contributed by atoms with E-state index in [2.05, 4.69) is 21.2 Å². The van der Waals surface area contributed by atoms with Crippen molar-refractivity contribution >= 4 is 39.3 Å². The molecule has 1 aliphatic heterocycles. The van der Waals surface area contributed by atoms with Crippen LogP contribution in [0.2, 0.25) is 0 Å². The van der Waals surface area contributed by atoms with Crippen LogP contribution < -0.4 is 10.2 Å². The Morgan fingerprint density at radius 1 is 1.25 bits per heavy atom. The van der Waals surface area contributed by atoms with Crippen molar-refractivity contribution in [3.8, 4) is 0 Å². The van der Waals surface area contributed by atoms with E-state index in [-0.39, 0.29) is 24.1 Å². The quantitative estimate of drug-likeness (QED) is 0.618. The van der Waals surface area contributed by atoms with Gasteiger partial charge in [-0.25, -0.2) is 4.90 Å². The van der Waals surface area contributed by atoms with E-state index in [9.17, 15) is 14.4 Å². The van der Waals surface area contributed by atoms with Crippen LogP contribution in [0.1, 0.15) is 27.2 Å². The third-order valence-electron chi connectivity index (χ3n) is 3.70. The van der Waals surface area contributed by atoms with E-state index < -0.39 is 5.92 Å². The number of amides is 3. The Bertz CT molecular complexity index is 680. The van der Waals surface area contributed by atoms with Crippen molar-refractivity contribution in [2.75, 3.05) is 11.4 Å². The van der Waals surface area contributed by atoms with Gasteiger partial charge in [-0.1, -0.05) is 42.8 Å². The molecule has 1 heterocycles. The predicted molar refractivity (Wildman–Crippen MR) is 96.3 cm³/mol. The van der Waals surface area contributed by atoms with Crippen LogP contribution in [0.5, 0.6) is 0 Å². The third kappa shape index (κ3) is 4.32. The lowest BCUT2D eigenvalue weighted by Crippen LogP contribution is -2.32. The molecule has 1 unspecified atom stereocenters. The molecule has 1 aliphatic rings. The molecule has 1 aromatic rings. The summed E-state index contributed by atoms with van der Waals surface area (Å²) < 4.78 is 0.872. The minimum absolute atomic E-state index is 0.0245. The average Bonchev–Trinajstić information content (AvgIpc) is 2.80. The second-order valence-electron chi connectivity index (χ2n) is 6.31. The molecule has 1 saturated heterocycles. The normalized spacial score (nSPS) is 17.7. The number of imide groups is 1. The van der Waals surface area contributed by atoms with Crippen LogP contribution in [-0.4, -0.2) is 24.3 Å². The largest absolute Gasteiger partial charge is 0.355 e. The van der Waals surface area contributed by atoms with E-state index in [4.69, 9.17) is 0 Å². The Labute approximate surface area is 150 Å². The van der Waals surface area contributed by atoms with Crippen molar-refractivity contribution in [1.29, 1.82) is 0 Å². The first kappa shape index (κ1) is 18.4. The number of benzene rings is 1. The number of carbonyl (C=O) groups excluding carboxylic acids is 3. The maximum Gasteiger partial charge on any atom is 0.261 e. The first-order valence-corrected chi connectivity index (χ1v) is 8.70. The molecule has 1 fully saturated rings. The topological polar surface area (TPSA) is 66.5 Å². The molecule has 0 bridgehead atoms. The second kappa shape index (κ2) is 7.75. The zero-order chi connectivity index (χ0) is 17.9. The van der Waals surface area contributed by atoms with E-state index in [0.717, 1.165) is 9.37 Å². The number of nitrogens with one attached hydrogen (secondary N) is 1. The molecule has 1 N–H and O–H groups in total. The van der Waals surface area contributed by atoms with E-state index >= 15 is 0 Å². The van der Waals surface area contributed by atoms with Gasteiger partial charge in [0, 0.05) is 16.6 Å². The Morgan fingerprint density at radius 2 is 1.88 bits per heavy atom. The van der Waals surface area contributed by atoms with Crippen LogP contribution in [0, 0.1) is 11.8 Å². The van der Waals surface area contributed by atoms with Crippen molar-refractivity contribution < 1.29 is 14.4 Å². The van der Waals surface area contributed by atoms with E-state index in [1.165, 1.54) is 0 Å². The fourth-order valence-electron chi connectivity index (χ4n) is 2.40. The number of halogens is 1. The monoisotopic (exact) mass is 392 g/mol. The van der Waals surface area contributed by atoms with Crippen LogP contribution in [0.25, 0.3) is 0 Å². The van der Waals surface area contributed by atoms with Crippen molar-refractivity contribution in [2.24, 2.45) is 11.8 Å². The van der Waals surface area contributed by atoms with Gasteiger partial charge >= 0.3 is 0 Å². The molecule has 6 heteroatoms. The van der Waals surface area contributed by atoms with E-state index in [0.29, 0.717) is 23.7 Å². The molecule has 0 spiro atoms. The smallest absolute Gasteiger partial charge is 0.261 e. The molecule has 1 aromatic carbocycles. The summed E-state index contributed by atoms with van der Waals surface area (Å²) >= 11 is 3.33. The number of hydrogen-bond donors (Lipinski definition) is 1. The lowest BCUT2D eigenvalue weighted by Gasteiger charge is -2.14. The van der Waals surface area contributed by atoms with Crippen LogP contribution in [0.4, 0.5) is 5.69 Å². The fourth-order valence-corrected chi connectivity index (χ4v) is 2.66. The Hall–Kier alpha value is -1.95. The molecule has 0 aliphatic carbocycles. The summed E-state index contributed by atoms with van der Waals surface area (Å²) in [6.45, 7) is 6.34. The summed E-state index contributed by atoms with van der Waals surface area (Å²) in [5, 5.41) is 2.83. The van der Waals surface area contributed by atoms with Gasteiger partial charge in [0.25, 0.3) is 5.91 Å². The van der Waals surface area contributed by atoms with Gasteiger partial charge in [0.15, 0.2) is 0 Å². The lowest BCUT2D eigenvalue weighted by molar-refractivity contribution is -0.123.